The fourth-order valence-electron chi connectivity index (χ4n) is 4.72. The molecule has 2 aliphatic rings. The number of ether oxygens (including phenoxy) is 1. The molecule has 196 valence electrons. The highest BCUT2D eigenvalue weighted by molar-refractivity contribution is 7.21. The number of nitrogens with zero attached hydrogens (tertiary/aromatic N) is 5. The van der Waals surface area contributed by atoms with Gasteiger partial charge in [-0.3, -0.25) is 9.59 Å². The van der Waals surface area contributed by atoms with Gasteiger partial charge in [-0.15, -0.1) is 11.3 Å². The minimum atomic E-state index is -0.500. The van der Waals surface area contributed by atoms with Gasteiger partial charge in [-0.25, -0.2) is 24.6 Å². The zero-order chi connectivity index (χ0) is 26.9. The third kappa shape index (κ3) is 4.66. The molecule has 4 amide bonds. The van der Waals surface area contributed by atoms with Crippen LogP contribution in [0.4, 0.5) is 22.1 Å². The maximum absolute atomic E-state index is 13.3. The Morgan fingerprint density at radius 2 is 1.92 bits per heavy atom. The summed E-state index contributed by atoms with van der Waals surface area (Å²) >= 11 is 1.19. The first-order valence-electron chi connectivity index (χ1n) is 12.3. The van der Waals surface area contributed by atoms with Crippen LogP contribution in [0.5, 0.6) is 11.5 Å². The monoisotopic (exact) mass is 541 g/mol. The van der Waals surface area contributed by atoms with Crippen molar-refractivity contribution in [2.75, 3.05) is 23.3 Å². The molecule has 1 saturated heterocycles. The Balaban J connectivity index is 1.27. The second-order valence-corrected chi connectivity index (χ2v) is 10.0. The molecule has 6 rings (SSSR count). The summed E-state index contributed by atoms with van der Waals surface area (Å²) in [6, 6.07) is 10.2. The number of nitrogens with one attached hydrogen (secondary N) is 2. The lowest BCUT2D eigenvalue weighted by Crippen LogP contribution is -2.49. The largest absolute Gasteiger partial charge is 0.454 e. The highest BCUT2D eigenvalue weighted by Gasteiger charge is 2.34. The van der Waals surface area contributed by atoms with Crippen LogP contribution < -0.4 is 20.3 Å². The number of thiophene rings is 1. The van der Waals surface area contributed by atoms with E-state index in [2.05, 4.69) is 32.2 Å². The predicted molar refractivity (Wildman–Crippen MR) is 147 cm³/mol. The Kier molecular flexibility index (Phi) is 6.37. The Morgan fingerprint density at radius 3 is 2.69 bits per heavy atom. The standard InChI is InChI=1S/C27H23N7O4S/c1-2-20(35)33-12-6-7-16(15-33)31-24(36)23-22-21-19(10-11-28-25(21)39-23)34(27(37)32-22)26-29-13-18(14-30-26)38-17-8-4-3-5-9-17/h2-5,8-11,13-14,16H,1,6-7,12,15H2,(H,31,36)(H,32,37)/t16-/m1/s1. The lowest BCUT2D eigenvalue weighted by Gasteiger charge is -2.32. The second-order valence-electron chi connectivity index (χ2n) is 9.02. The summed E-state index contributed by atoms with van der Waals surface area (Å²) in [7, 11) is 0. The minimum Gasteiger partial charge on any atom is -0.454 e. The number of piperidine rings is 1. The number of rotatable bonds is 6. The summed E-state index contributed by atoms with van der Waals surface area (Å²) in [5.74, 6) is 0.728. The number of aromatic nitrogens is 3. The maximum atomic E-state index is 13.3. The maximum Gasteiger partial charge on any atom is 0.333 e. The fraction of sp³-hybridized carbons (Fsp3) is 0.185. The normalized spacial score (nSPS) is 16.5. The molecule has 1 fully saturated rings. The predicted octanol–water partition coefficient (Wildman–Crippen LogP) is 4.47. The van der Waals surface area contributed by atoms with Gasteiger partial charge in [0, 0.05) is 25.3 Å². The molecule has 0 unspecified atom stereocenters. The third-order valence-electron chi connectivity index (χ3n) is 6.49. The number of hydrogen-bond acceptors (Lipinski definition) is 8. The number of para-hydroxylation sites is 1. The summed E-state index contributed by atoms with van der Waals surface area (Å²) in [4.78, 5) is 55.7. The number of urea groups is 1. The van der Waals surface area contributed by atoms with E-state index < -0.39 is 6.03 Å². The molecule has 0 aliphatic carbocycles. The topological polar surface area (TPSA) is 130 Å². The summed E-state index contributed by atoms with van der Waals surface area (Å²) < 4.78 is 5.76. The molecule has 0 radical (unpaired) electrons. The van der Waals surface area contributed by atoms with Crippen LogP contribution >= 0.6 is 11.3 Å². The molecule has 39 heavy (non-hydrogen) atoms. The first-order valence-corrected chi connectivity index (χ1v) is 13.1. The van der Waals surface area contributed by atoms with E-state index in [4.69, 9.17) is 4.74 Å². The van der Waals surface area contributed by atoms with Crippen molar-refractivity contribution in [1.29, 1.82) is 0 Å². The first kappa shape index (κ1) is 24.5. The Morgan fingerprint density at radius 1 is 1.13 bits per heavy atom. The number of amides is 4. The van der Waals surface area contributed by atoms with Crippen molar-refractivity contribution >= 4 is 56.7 Å². The van der Waals surface area contributed by atoms with Gasteiger partial charge in [-0.2, -0.15) is 0 Å². The van der Waals surface area contributed by atoms with Crippen molar-refractivity contribution in [3.63, 3.8) is 0 Å². The van der Waals surface area contributed by atoms with Gasteiger partial charge in [0.25, 0.3) is 5.91 Å². The number of benzene rings is 1. The van der Waals surface area contributed by atoms with E-state index in [1.807, 2.05) is 30.3 Å². The van der Waals surface area contributed by atoms with Crippen LogP contribution in [0.2, 0.25) is 0 Å². The average molecular weight is 542 g/mol. The molecule has 2 N–H and O–H groups in total. The molecule has 0 bridgehead atoms. The zero-order valence-corrected chi connectivity index (χ0v) is 21.5. The number of pyridine rings is 1. The summed E-state index contributed by atoms with van der Waals surface area (Å²) in [6.45, 7) is 4.58. The van der Waals surface area contributed by atoms with Crippen LogP contribution in [0.15, 0.2) is 67.6 Å². The van der Waals surface area contributed by atoms with Gasteiger partial charge >= 0.3 is 6.03 Å². The van der Waals surface area contributed by atoms with Crippen LogP contribution in [-0.2, 0) is 4.79 Å². The van der Waals surface area contributed by atoms with Gasteiger partial charge < -0.3 is 20.3 Å². The number of anilines is 3. The molecule has 4 aromatic rings. The Bertz CT molecular complexity index is 1590. The summed E-state index contributed by atoms with van der Waals surface area (Å²) in [6.07, 6.45) is 7.37. The number of likely N-dealkylation sites (tertiary alicyclic amines) is 1. The van der Waals surface area contributed by atoms with Crippen LogP contribution in [0.3, 0.4) is 0 Å². The SMILES string of the molecule is C=CC(=O)N1CCC[C@@H](NC(=O)c2sc3nccc4c3c2NC(=O)N4c2ncc(Oc3ccccc3)cn2)C1. The van der Waals surface area contributed by atoms with Crippen LogP contribution in [-0.4, -0.2) is 56.8 Å². The molecular weight excluding hydrogens is 518 g/mol. The van der Waals surface area contributed by atoms with E-state index in [0.717, 1.165) is 12.8 Å². The Labute approximate surface area is 227 Å². The molecule has 12 heteroatoms. The number of hydrogen-bond donors (Lipinski definition) is 2. The van der Waals surface area contributed by atoms with Crippen molar-refractivity contribution in [2.45, 2.75) is 18.9 Å². The smallest absolute Gasteiger partial charge is 0.333 e. The summed E-state index contributed by atoms with van der Waals surface area (Å²) in [5.41, 5.74) is 0.918. The molecule has 2 aliphatic heterocycles. The van der Waals surface area contributed by atoms with Gasteiger partial charge in [-0.05, 0) is 37.1 Å². The molecule has 3 aromatic heterocycles. The van der Waals surface area contributed by atoms with E-state index >= 15 is 0 Å². The van der Waals surface area contributed by atoms with Gasteiger partial charge in [0.1, 0.15) is 15.5 Å². The Hall–Kier alpha value is -4.84. The van der Waals surface area contributed by atoms with Crippen molar-refractivity contribution in [3.8, 4) is 11.5 Å². The van der Waals surface area contributed by atoms with Crippen molar-refractivity contribution in [2.24, 2.45) is 0 Å². The lowest BCUT2D eigenvalue weighted by atomic mass is 10.1. The van der Waals surface area contributed by atoms with Crippen molar-refractivity contribution < 1.29 is 19.1 Å². The average Bonchev–Trinajstić information content (AvgIpc) is 3.33. The number of carbonyl (C=O) groups excluding carboxylic acids is 3. The number of carbonyl (C=O) groups is 3. The van der Waals surface area contributed by atoms with Crippen LogP contribution in [0.1, 0.15) is 22.5 Å². The quantitative estimate of drug-likeness (QED) is 0.345. The highest BCUT2D eigenvalue weighted by Crippen LogP contribution is 2.45. The van der Waals surface area contributed by atoms with Gasteiger partial charge in [-0.1, -0.05) is 24.8 Å². The fourth-order valence-corrected chi connectivity index (χ4v) is 5.74. The molecule has 1 aromatic carbocycles. The molecule has 5 heterocycles. The lowest BCUT2D eigenvalue weighted by molar-refractivity contribution is -0.127. The zero-order valence-electron chi connectivity index (χ0n) is 20.7. The molecule has 0 spiro atoms. The van der Waals surface area contributed by atoms with E-state index in [1.165, 1.54) is 34.7 Å². The second kappa shape index (κ2) is 10.1. The molecule has 0 saturated carbocycles. The van der Waals surface area contributed by atoms with E-state index in [0.29, 0.717) is 51.1 Å². The first-order chi connectivity index (χ1) is 19.0. The van der Waals surface area contributed by atoms with Crippen LogP contribution in [0.25, 0.3) is 10.2 Å². The van der Waals surface area contributed by atoms with E-state index in [9.17, 15) is 14.4 Å². The van der Waals surface area contributed by atoms with Crippen molar-refractivity contribution in [1.82, 2.24) is 25.2 Å². The molecule has 1 atom stereocenters. The highest BCUT2D eigenvalue weighted by atomic mass is 32.1. The minimum absolute atomic E-state index is 0.150. The van der Waals surface area contributed by atoms with Crippen LogP contribution in [0, 0.1) is 0 Å². The third-order valence-corrected chi connectivity index (χ3v) is 7.59. The van der Waals surface area contributed by atoms with Gasteiger partial charge in [0.05, 0.1) is 29.2 Å². The molecule has 11 nitrogen and oxygen atoms in total. The van der Waals surface area contributed by atoms with Gasteiger partial charge in [0.15, 0.2) is 5.75 Å². The van der Waals surface area contributed by atoms with E-state index in [-0.39, 0.29) is 23.8 Å². The van der Waals surface area contributed by atoms with Gasteiger partial charge in [0.2, 0.25) is 11.9 Å². The molecular formula is C27H23N7O4S. The van der Waals surface area contributed by atoms with Crippen molar-refractivity contribution in [3.05, 3.63) is 72.5 Å². The van der Waals surface area contributed by atoms with E-state index in [1.54, 1.807) is 17.2 Å². The summed E-state index contributed by atoms with van der Waals surface area (Å²) in [5, 5.41) is 6.49.